The minimum atomic E-state index is -0.944. The Labute approximate surface area is 139 Å². The second kappa shape index (κ2) is 6.94. The number of pyridine rings is 1. The SMILES string of the molecule is O=C(O)CN1CCN(C(=O)c2cnc3ccccc3c2)CC(O)C1. The highest BCUT2D eigenvalue weighted by atomic mass is 16.4. The van der Waals surface area contributed by atoms with E-state index in [4.69, 9.17) is 5.11 Å². The number of nitrogens with zero attached hydrogens (tertiary/aromatic N) is 3. The predicted octanol–water partition coefficient (Wildman–Crippen LogP) is 0.438. The summed E-state index contributed by atoms with van der Waals surface area (Å²) < 4.78 is 0. The molecular weight excluding hydrogens is 310 g/mol. The van der Waals surface area contributed by atoms with Crippen LogP contribution in [0.1, 0.15) is 10.4 Å². The first kappa shape index (κ1) is 16.4. The summed E-state index contributed by atoms with van der Waals surface area (Å²) in [6.45, 7) is 1.07. The number of hydrogen-bond acceptors (Lipinski definition) is 5. The monoisotopic (exact) mass is 329 g/mol. The molecule has 3 rings (SSSR count). The molecule has 0 spiro atoms. The van der Waals surface area contributed by atoms with Crippen LogP contribution in [0.25, 0.3) is 10.9 Å². The van der Waals surface area contributed by atoms with Gasteiger partial charge in [-0.3, -0.25) is 19.5 Å². The predicted molar refractivity (Wildman–Crippen MR) is 87.7 cm³/mol. The first-order valence-electron chi connectivity index (χ1n) is 7.79. The number of carboxylic acid groups (broad SMARTS) is 1. The Kier molecular flexibility index (Phi) is 4.73. The van der Waals surface area contributed by atoms with Gasteiger partial charge in [-0.1, -0.05) is 18.2 Å². The Balaban J connectivity index is 1.76. The molecule has 2 heterocycles. The third-order valence-electron chi connectivity index (χ3n) is 4.07. The number of β-amino-alcohol motifs (C(OH)–C–C–N with tert-alkyl or cyclic N) is 1. The van der Waals surface area contributed by atoms with E-state index in [9.17, 15) is 14.7 Å². The molecule has 2 N–H and O–H groups in total. The number of amides is 1. The van der Waals surface area contributed by atoms with Crippen LogP contribution in [0.15, 0.2) is 36.5 Å². The summed E-state index contributed by atoms with van der Waals surface area (Å²) in [6, 6.07) is 9.34. The van der Waals surface area contributed by atoms with Gasteiger partial charge in [0.15, 0.2) is 0 Å². The molecule has 1 saturated heterocycles. The second-order valence-corrected chi connectivity index (χ2v) is 5.95. The van der Waals surface area contributed by atoms with Crippen molar-refractivity contribution in [1.82, 2.24) is 14.8 Å². The minimum Gasteiger partial charge on any atom is -0.480 e. The molecule has 24 heavy (non-hydrogen) atoms. The van der Waals surface area contributed by atoms with Gasteiger partial charge in [0, 0.05) is 37.8 Å². The Hall–Kier alpha value is -2.51. The highest BCUT2D eigenvalue weighted by Crippen LogP contribution is 2.15. The summed E-state index contributed by atoms with van der Waals surface area (Å²) in [4.78, 5) is 31.0. The van der Waals surface area contributed by atoms with Gasteiger partial charge < -0.3 is 15.1 Å². The summed E-state index contributed by atoms with van der Waals surface area (Å²) in [5.74, 6) is -1.15. The van der Waals surface area contributed by atoms with Crippen LogP contribution in [0.5, 0.6) is 0 Å². The minimum absolute atomic E-state index is 0.142. The lowest BCUT2D eigenvalue weighted by Gasteiger charge is -2.21. The summed E-state index contributed by atoms with van der Waals surface area (Å²) in [6.07, 6.45) is 0.765. The molecule has 1 unspecified atom stereocenters. The van der Waals surface area contributed by atoms with Crippen molar-refractivity contribution in [3.8, 4) is 0 Å². The topological polar surface area (TPSA) is 94.0 Å². The normalized spacial score (nSPS) is 19.2. The highest BCUT2D eigenvalue weighted by Gasteiger charge is 2.26. The summed E-state index contributed by atoms with van der Waals surface area (Å²) in [7, 11) is 0. The van der Waals surface area contributed by atoms with E-state index in [0.717, 1.165) is 10.9 Å². The number of aromatic nitrogens is 1. The maximum absolute atomic E-state index is 12.7. The average molecular weight is 329 g/mol. The number of aliphatic carboxylic acids is 1. The van der Waals surface area contributed by atoms with Crippen molar-refractivity contribution >= 4 is 22.8 Å². The standard InChI is InChI=1S/C17H19N3O4/c21-14-9-19(11-16(22)23)5-6-20(10-14)17(24)13-7-12-3-1-2-4-15(12)18-8-13/h1-4,7-8,14,21H,5-6,9-11H2,(H,22,23). The molecule has 0 saturated carbocycles. The number of para-hydroxylation sites is 1. The van der Waals surface area contributed by atoms with Crippen LogP contribution in [0.2, 0.25) is 0 Å². The van der Waals surface area contributed by atoms with Crippen molar-refractivity contribution in [2.75, 3.05) is 32.7 Å². The van der Waals surface area contributed by atoms with Crippen molar-refractivity contribution < 1.29 is 19.8 Å². The fourth-order valence-corrected chi connectivity index (χ4v) is 2.94. The van der Waals surface area contributed by atoms with Gasteiger partial charge in [-0.05, 0) is 12.1 Å². The molecule has 0 bridgehead atoms. The Morgan fingerprint density at radius 2 is 2.00 bits per heavy atom. The van der Waals surface area contributed by atoms with E-state index in [1.54, 1.807) is 15.9 Å². The molecule has 126 valence electrons. The third-order valence-corrected chi connectivity index (χ3v) is 4.07. The number of fused-ring (bicyclic) bond motifs is 1. The first-order chi connectivity index (χ1) is 11.5. The summed E-state index contributed by atoms with van der Waals surface area (Å²) in [5, 5.41) is 19.8. The molecule has 0 radical (unpaired) electrons. The van der Waals surface area contributed by atoms with E-state index in [-0.39, 0.29) is 25.5 Å². The van der Waals surface area contributed by atoms with Gasteiger partial charge in [0.05, 0.1) is 23.7 Å². The number of aliphatic hydroxyl groups excluding tert-OH is 1. The number of aliphatic hydroxyl groups is 1. The molecule has 0 aliphatic carbocycles. The molecule has 1 fully saturated rings. The van der Waals surface area contributed by atoms with Crippen molar-refractivity contribution in [1.29, 1.82) is 0 Å². The molecule has 7 heteroatoms. The molecule has 1 aliphatic heterocycles. The second-order valence-electron chi connectivity index (χ2n) is 5.95. The lowest BCUT2D eigenvalue weighted by atomic mass is 10.1. The van der Waals surface area contributed by atoms with E-state index in [1.165, 1.54) is 6.20 Å². The van der Waals surface area contributed by atoms with Gasteiger partial charge in [0.2, 0.25) is 0 Å². The van der Waals surface area contributed by atoms with Crippen LogP contribution in [0.3, 0.4) is 0 Å². The first-order valence-corrected chi connectivity index (χ1v) is 7.79. The number of rotatable bonds is 3. The number of benzene rings is 1. The van der Waals surface area contributed by atoms with Crippen LogP contribution in [-0.2, 0) is 4.79 Å². The maximum atomic E-state index is 12.7. The van der Waals surface area contributed by atoms with Crippen molar-refractivity contribution in [2.24, 2.45) is 0 Å². The van der Waals surface area contributed by atoms with Gasteiger partial charge in [-0.25, -0.2) is 0 Å². The Bertz CT molecular complexity index is 764. The number of carboxylic acids is 1. The van der Waals surface area contributed by atoms with Crippen molar-refractivity contribution in [3.63, 3.8) is 0 Å². The molecule has 1 aliphatic rings. The van der Waals surface area contributed by atoms with E-state index in [1.807, 2.05) is 24.3 Å². The third kappa shape index (κ3) is 3.69. The van der Waals surface area contributed by atoms with Gasteiger partial charge in [0.25, 0.3) is 5.91 Å². The lowest BCUT2D eigenvalue weighted by Crippen LogP contribution is -2.37. The van der Waals surface area contributed by atoms with Gasteiger partial charge in [0.1, 0.15) is 0 Å². The van der Waals surface area contributed by atoms with Crippen molar-refractivity contribution in [3.05, 3.63) is 42.1 Å². The Morgan fingerprint density at radius 1 is 1.21 bits per heavy atom. The van der Waals surface area contributed by atoms with E-state index in [2.05, 4.69) is 4.98 Å². The largest absolute Gasteiger partial charge is 0.480 e. The fourth-order valence-electron chi connectivity index (χ4n) is 2.94. The smallest absolute Gasteiger partial charge is 0.317 e. The van der Waals surface area contributed by atoms with Crippen LogP contribution >= 0.6 is 0 Å². The molecule has 1 aromatic heterocycles. The zero-order chi connectivity index (χ0) is 17.1. The molecule has 1 amide bonds. The maximum Gasteiger partial charge on any atom is 0.317 e. The average Bonchev–Trinajstić information content (AvgIpc) is 2.74. The van der Waals surface area contributed by atoms with E-state index in [0.29, 0.717) is 18.7 Å². The lowest BCUT2D eigenvalue weighted by molar-refractivity contribution is -0.138. The number of hydrogen-bond donors (Lipinski definition) is 2. The highest BCUT2D eigenvalue weighted by molar-refractivity contribution is 5.97. The van der Waals surface area contributed by atoms with Crippen molar-refractivity contribution in [2.45, 2.75) is 6.10 Å². The Morgan fingerprint density at radius 3 is 2.79 bits per heavy atom. The zero-order valence-electron chi connectivity index (χ0n) is 13.1. The molecule has 7 nitrogen and oxygen atoms in total. The van der Waals surface area contributed by atoms with Crippen LogP contribution < -0.4 is 0 Å². The van der Waals surface area contributed by atoms with Gasteiger partial charge in [-0.15, -0.1) is 0 Å². The number of carbonyl (C=O) groups is 2. The quantitative estimate of drug-likeness (QED) is 0.848. The molecule has 1 aromatic carbocycles. The molecule has 2 aromatic rings. The van der Waals surface area contributed by atoms with Gasteiger partial charge in [-0.2, -0.15) is 0 Å². The van der Waals surface area contributed by atoms with Gasteiger partial charge >= 0.3 is 5.97 Å². The molecule has 1 atom stereocenters. The summed E-state index contributed by atoms with van der Waals surface area (Å²) >= 11 is 0. The van der Waals surface area contributed by atoms with Crippen LogP contribution in [-0.4, -0.2) is 75.7 Å². The number of carbonyl (C=O) groups excluding carboxylic acids is 1. The fraction of sp³-hybridized carbons (Fsp3) is 0.353. The van der Waals surface area contributed by atoms with Crippen LogP contribution in [0.4, 0.5) is 0 Å². The zero-order valence-corrected chi connectivity index (χ0v) is 13.1. The van der Waals surface area contributed by atoms with Crippen LogP contribution in [0, 0.1) is 0 Å². The molecular formula is C17H19N3O4. The van der Waals surface area contributed by atoms with E-state index >= 15 is 0 Å². The summed E-state index contributed by atoms with van der Waals surface area (Å²) in [5.41, 5.74) is 1.28. The van der Waals surface area contributed by atoms with E-state index < -0.39 is 12.1 Å².